The zero-order chi connectivity index (χ0) is 15.1. The first-order valence-electron chi connectivity index (χ1n) is 6.84. The molecule has 2 rings (SSSR count). The molecule has 0 amide bonds. The highest BCUT2D eigenvalue weighted by atomic mass is 16.4. The van der Waals surface area contributed by atoms with Gasteiger partial charge in [-0.05, 0) is 24.7 Å². The molecular weight excluding hydrogens is 264 g/mol. The van der Waals surface area contributed by atoms with Crippen molar-refractivity contribution in [3.05, 3.63) is 65.5 Å². The van der Waals surface area contributed by atoms with Crippen LogP contribution in [0.25, 0.3) is 0 Å². The van der Waals surface area contributed by atoms with E-state index in [2.05, 4.69) is 22.1 Å². The van der Waals surface area contributed by atoms with Gasteiger partial charge in [-0.2, -0.15) is 0 Å². The lowest BCUT2D eigenvalue weighted by Gasteiger charge is -2.16. The predicted octanol–water partition coefficient (Wildman–Crippen LogP) is 1.85. The quantitative estimate of drug-likeness (QED) is 0.367. The average molecular weight is 284 g/mol. The van der Waals surface area contributed by atoms with Gasteiger partial charge in [0.2, 0.25) is 0 Å². The fourth-order valence-electron chi connectivity index (χ4n) is 2.08. The van der Waals surface area contributed by atoms with Crippen LogP contribution in [-0.2, 0) is 13.0 Å². The Morgan fingerprint density at radius 2 is 2.00 bits per heavy atom. The first kappa shape index (κ1) is 15.0. The normalized spacial score (nSPS) is 11.8. The molecule has 0 fully saturated rings. The lowest BCUT2D eigenvalue weighted by Crippen LogP contribution is -2.21. The maximum absolute atomic E-state index is 8.63. The van der Waals surface area contributed by atoms with E-state index >= 15 is 0 Å². The number of aromatic nitrogens is 1. The molecule has 0 spiro atoms. The molecule has 0 atom stereocenters. The molecule has 1 aromatic carbocycles. The minimum absolute atomic E-state index is 0.130. The molecule has 0 radical (unpaired) electrons. The van der Waals surface area contributed by atoms with Crippen LogP contribution in [-0.4, -0.2) is 34.5 Å². The van der Waals surface area contributed by atoms with Crippen molar-refractivity contribution < 1.29 is 5.21 Å². The molecule has 110 valence electrons. The Hall–Kier alpha value is -2.40. The average Bonchev–Trinajstić information content (AvgIpc) is 2.54. The number of benzene rings is 1. The molecule has 0 bridgehead atoms. The molecule has 1 heterocycles. The standard InChI is InChI=1S/C16H20N4O/c1-20(11-9-15-4-2-3-10-18-15)12-13-5-7-14(8-6-13)16(17)19-21/h2-8,10,21H,9,11-12H2,1H3,(H2,17,19). The third-order valence-electron chi connectivity index (χ3n) is 3.29. The van der Waals surface area contributed by atoms with E-state index in [4.69, 9.17) is 10.9 Å². The Kier molecular flexibility index (Phi) is 5.29. The molecule has 0 unspecified atom stereocenters. The Morgan fingerprint density at radius 1 is 1.24 bits per heavy atom. The zero-order valence-electron chi connectivity index (χ0n) is 12.1. The maximum atomic E-state index is 8.63. The van der Waals surface area contributed by atoms with E-state index in [9.17, 15) is 0 Å². The highest BCUT2D eigenvalue weighted by molar-refractivity contribution is 5.96. The third-order valence-corrected chi connectivity index (χ3v) is 3.29. The van der Waals surface area contributed by atoms with Crippen molar-refractivity contribution in [2.75, 3.05) is 13.6 Å². The maximum Gasteiger partial charge on any atom is 0.170 e. The number of hydrogen-bond acceptors (Lipinski definition) is 4. The number of oxime groups is 1. The van der Waals surface area contributed by atoms with Gasteiger partial charge in [0, 0.05) is 37.0 Å². The summed E-state index contributed by atoms with van der Waals surface area (Å²) in [4.78, 5) is 6.56. The molecule has 5 nitrogen and oxygen atoms in total. The van der Waals surface area contributed by atoms with Gasteiger partial charge < -0.3 is 15.8 Å². The van der Waals surface area contributed by atoms with Crippen molar-refractivity contribution in [1.82, 2.24) is 9.88 Å². The Labute approximate surface area is 124 Å². The van der Waals surface area contributed by atoms with Gasteiger partial charge in [-0.25, -0.2) is 0 Å². The fourth-order valence-corrected chi connectivity index (χ4v) is 2.08. The van der Waals surface area contributed by atoms with E-state index in [1.165, 1.54) is 5.56 Å². The van der Waals surface area contributed by atoms with Gasteiger partial charge in [0.25, 0.3) is 0 Å². The summed E-state index contributed by atoms with van der Waals surface area (Å²) in [6, 6.07) is 13.7. The third kappa shape index (κ3) is 4.57. The lowest BCUT2D eigenvalue weighted by atomic mass is 10.1. The van der Waals surface area contributed by atoms with Crippen molar-refractivity contribution in [1.29, 1.82) is 0 Å². The minimum Gasteiger partial charge on any atom is -0.409 e. The molecule has 1 aromatic heterocycles. The van der Waals surface area contributed by atoms with E-state index in [0.717, 1.165) is 30.8 Å². The highest BCUT2D eigenvalue weighted by Crippen LogP contribution is 2.07. The van der Waals surface area contributed by atoms with Crippen LogP contribution in [0.3, 0.4) is 0 Å². The van der Waals surface area contributed by atoms with E-state index in [1.807, 2.05) is 48.7 Å². The summed E-state index contributed by atoms with van der Waals surface area (Å²) in [6.07, 6.45) is 2.75. The van der Waals surface area contributed by atoms with Crippen molar-refractivity contribution in [3.8, 4) is 0 Å². The summed E-state index contributed by atoms with van der Waals surface area (Å²) in [5.74, 6) is 0.130. The van der Waals surface area contributed by atoms with Gasteiger partial charge in [-0.1, -0.05) is 35.5 Å². The van der Waals surface area contributed by atoms with Crippen LogP contribution in [0.2, 0.25) is 0 Å². The molecule has 0 saturated heterocycles. The summed E-state index contributed by atoms with van der Waals surface area (Å²) in [7, 11) is 2.08. The van der Waals surface area contributed by atoms with Crippen molar-refractivity contribution in [2.24, 2.45) is 10.9 Å². The summed E-state index contributed by atoms with van der Waals surface area (Å²) < 4.78 is 0. The van der Waals surface area contributed by atoms with E-state index in [-0.39, 0.29) is 5.84 Å². The number of nitrogens with zero attached hydrogens (tertiary/aromatic N) is 3. The van der Waals surface area contributed by atoms with Gasteiger partial charge in [-0.15, -0.1) is 0 Å². The Bertz CT molecular complexity index is 581. The molecule has 0 aliphatic heterocycles. The van der Waals surface area contributed by atoms with Crippen LogP contribution < -0.4 is 5.73 Å². The molecule has 2 aromatic rings. The lowest BCUT2D eigenvalue weighted by molar-refractivity contribution is 0.318. The summed E-state index contributed by atoms with van der Waals surface area (Å²) >= 11 is 0. The molecular formula is C16H20N4O. The highest BCUT2D eigenvalue weighted by Gasteiger charge is 2.03. The smallest absolute Gasteiger partial charge is 0.170 e. The summed E-state index contributed by atoms with van der Waals surface area (Å²) in [5, 5.41) is 11.6. The molecule has 0 aliphatic carbocycles. The number of nitrogens with two attached hydrogens (primary N) is 1. The van der Waals surface area contributed by atoms with Gasteiger partial charge in [-0.3, -0.25) is 4.98 Å². The first-order chi connectivity index (χ1) is 10.2. The molecule has 5 heteroatoms. The first-order valence-corrected chi connectivity index (χ1v) is 6.84. The van der Waals surface area contributed by atoms with Crippen LogP contribution in [0.5, 0.6) is 0 Å². The second-order valence-electron chi connectivity index (χ2n) is 4.99. The monoisotopic (exact) mass is 284 g/mol. The van der Waals surface area contributed by atoms with E-state index in [1.54, 1.807) is 0 Å². The molecule has 0 aliphatic rings. The number of hydrogen-bond donors (Lipinski definition) is 2. The van der Waals surface area contributed by atoms with E-state index in [0.29, 0.717) is 0 Å². The second-order valence-corrected chi connectivity index (χ2v) is 4.99. The van der Waals surface area contributed by atoms with Crippen molar-refractivity contribution in [2.45, 2.75) is 13.0 Å². The van der Waals surface area contributed by atoms with Crippen LogP contribution >= 0.6 is 0 Å². The van der Waals surface area contributed by atoms with Gasteiger partial charge in [0.05, 0.1) is 0 Å². The van der Waals surface area contributed by atoms with Gasteiger partial charge >= 0.3 is 0 Å². The fraction of sp³-hybridized carbons (Fsp3) is 0.250. The topological polar surface area (TPSA) is 74.7 Å². The van der Waals surface area contributed by atoms with Crippen LogP contribution in [0.1, 0.15) is 16.8 Å². The van der Waals surface area contributed by atoms with Crippen molar-refractivity contribution in [3.63, 3.8) is 0 Å². The van der Waals surface area contributed by atoms with Gasteiger partial charge in [0.1, 0.15) is 0 Å². The number of likely N-dealkylation sites (N-methyl/N-ethyl adjacent to an activating group) is 1. The van der Waals surface area contributed by atoms with E-state index < -0.39 is 0 Å². The molecule has 0 saturated carbocycles. The van der Waals surface area contributed by atoms with Crippen molar-refractivity contribution >= 4 is 5.84 Å². The van der Waals surface area contributed by atoms with Crippen LogP contribution in [0.4, 0.5) is 0 Å². The minimum atomic E-state index is 0.130. The Balaban J connectivity index is 1.86. The largest absolute Gasteiger partial charge is 0.409 e. The SMILES string of the molecule is CN(CCc1ccccn1)Cc1ccc(/C(N)=N/O)cc1. The number of rotatable bonds is 6. The summed E-state index contributed by atoms with van der Waals surface area (Å²) in [6.45, 7) is 1.79. The summed E-state index contributed by atoms with van der Waals surface area (Å²) in [5.41, 5.74) is 8.55. The van der Waals surface area contributed by atoms with Crippen LogP contribution in [0.15, 0.2) is 53.8 Å². The Morgan fingerprint density at radius 3 is 2.62 bits per heavy atom. The number of pyridine rings is 1. The second kappa shape index (κ2) is 7.40. The zero-order valence-corrected chi connectivity index (χ0v) is 12.1. The molecule has 3 N–H and O–H groups in total. The van der Waals surface area contributed by atoms with Gasteiger partial charge in [0.15, 0.2) is 5.84 Å². The number of amidine groups is 1. The van der Waals surface area contributed by atoms with Crippen LogP contribution in [0, 0.1) is 0 Å². The predicted molar refractivity (Wildman–Crippen MR) is 83.2 cm³/mol. The molecule has 21 heavy (non-hydrogen) atoms.